The van der Waals surface area contributed by atoms with E-state index in [1.807, 2.05) is 45.0 Å². The van der Waals surface area contributed by atoms with Gasteiger partial charge in [0, 0.05) is 17.1 Å². The van der Waals surface area contributed by atoms with Crippen LogP contribution in [0.3, 0.4) is 0 Å². The minimum atomic E-state index is -0.287. The fourth-order valence-corrected chi connectivity index (χ4v) is 3.47. The maximum atomic E-state index is 13.0. The minimum Gasteiger partial charge on any atom is -0.272 e. The molecule has 5 heteroatoms. The van der Waals surface area contributed by atoms with Gasteiger partial charge in [0.15, 0.2) is 0 Å². The van der Waals surface area contributed by atoms with E-state index in [1.54, 1.807) is 0 Å². The van der Waals surface area contributed by atoms with Crippen molar-refractivity contribution in [3.05, 3.63) is 65.5 Å². The summed E-state index contributed by atoms with van der Waals surface area (Å²) in [5, 5.41) is 8.17. The average Bonchev–Trinajstić information content (AvgIpc) is 2.89. The van der Waals surface area contributed by atoms with E-state index in [0.29, 0.717) is 12.4 Å². The van der Waals surface area contributed by atoms with Gasteiger partial charge in [0.05, 0.1) is 5.92 Å². The molecule has 0 unspecified atom stereocenters. The Balaban J connectivity index is 1.66. The first-order valence-corrected chi connectivity index (χ1v) is 8.71. The lowest BCUT2D eigenvalue weighted by Gasteiger charge is -2.14. The van der Waals surface area contributed by atoms with Gasteiger partial charge in [0.1, 0.15) is 0 Å². The Morgan fingerprint density at radius 2 is 1.65 bits per heavy atom. The van der Waals surface area contributed by atoms with Gasteiger partial charge in [0.2, 0.25) is 0 Å². The molecule has 1 amide bonds. The Morgan fingerprint density at radius 3 is 2.42 bits per heavy atom. The minimum absolute atomic E-state index is 0.0690. The summed E-state index contributed by atoms with van der Waals surface area (Å²) >= 11 is 0. The van der Waals surface area contributed by atoms with E-state index >= 15 is 0 Å². The molecule has 2 heterocycles. The molecule has 1 aromatic heterocycles. The SMILES string of the molecule is CC1=NN(c2nc(C)cc(C)n2)C(=O)[C@@H]1Cc1cccc2ccccc12. The van der Waals surface area contributed by atoms with Crippen molar-refractivity contribution in [2.45, 2.75) is 27.2 Å². The Morgan fingerprint density at radius 1 is 0.962 bits per heavy atom. The molecule has 0 saturated heterocycles. The Bertz CT molecular complexity index is 1020. The third-order valence-corrected chi connectivity index (χ3v) is 4.73. The average molecular weight is 344 g/mol. The molecular weight excluding hydrogens is 324 g/mol. The number of hydrogen-bond donors (Lipinski definition) is 0. The first kappa shape index (κ1) is 16.4. The third-order valence-electron chi connectivity index (χ3n) is 4.73. The fraction of sp³-hybridized carbons (Fsp3) is 0.238. The number of hydrogen-bond acceptors (Lipinski definition) is 4. The summed E-state index contributed by atoms with van der Waals surface area (Å²) in [6.45, 7) is 5.68. The van der Waals surface area contributed by atoms with Crippen molar-refractivity contribution in [3.8, 4) is 0 Å². The van der Waals surface area contributed by atoms with Gasteiger partial charge in [0.25, 0.3) is 11.9 Å². The highest BCUT2D eigenvalue weighted by molar-refractivity contribution is 6.14. The van der Waals surface area contributed by atoms with Gasteiger partial charge >= 0.3 is 0 Å². The molecule has 1 aliphatic heterocycles. The fourth-order valence-electron chi connectivity index (χ4n) is 3.47. The van der Waals surface area contributed by atoms with Gasteiger partial charge in [-0.15, -0.1) is 0 Å². The van der Waals surface area contributed by atoms with Crippen LogP contribution in [0.15, 0.2) is 53.6 Å². The second kappa shape index (κ2) is 6.33. The van der Waals surface area contributed by atoms with Gasteiger partial charge in [-0.05, 0) is 49.6 Å². The number of benzene rings is 2. The van der Waals surface area contributed by atoms with E-state index in [1.165, 1.54) is 15.8 Å². The molecule has 0 bridgehead atoms. The number of hydrazone groups is 1. The van der Waals surface area contributed by atoms with Crippen LogP contribution in [0.5, 0.6) is 0 Å². The first-order valence-electron chi connectivity index (χ1n) is 8.71. The maximum Gasteiger partial charge on any atom is 0.259 e. The van der Waals surface area contributed by atoms with Gasteiger partial charge in [-0.1, -0.05) is 42.5 Å². The summed E-state index contributed by atoms with van der Waals surface area (Å²) in [6.07, 6.45) is 0.622. The van der Waals surface area contributed by atoms with Crippen LogP contribution in [-0.4, -0.2) is 21.6 Å². The van der Waals surface area contributed by atoms with Crippen LogP contribution >= 0.6 is 0 Å². The number of aryl methyl sites for hydroxylation is 2. The highest BCUT2D eigenvalue weighted by Crippen LogP contribution is 2.27. The molecule has 0 aliphatic carbocycles. The highest BCUT2D eigenvalue weighted by Gasteiger charge is 2.36. The van der Waals surface area contributed by atoms with E-state index in [2.05, 4.69) is 39.3 Å². The summed E-state index contributed by atoms with van der Waals surface area (Å²) in [6, 6.07) is 16.3. The molecule has 4 rings (SSSR count). The quantitative estimate of drug-likeness (QED) is 0.725. The standard InChI is InChI=1S/C21H20N4O/c1-13-11-14(2)23-21(22-13)25-20(26)19(15(3)24-25)12-17-9-6-8-16-7-4-5-10-18(16)17/h4-11,19H,12H2,1-3H3/t19-/m1/s1. The molecule has 0 spiro atoms. The molecule has 1 atom stereocenters. The number of rotatable bonds is 3. The number of nitrogens with zero attached hydrogens (tertiary/aromatic N) is 4. The smallest absolute Gasteiger partial charge is 0.259 e. The van der Waals surface area contributed by atoms with Crippen LogP contribution in [0.4, 0.5) is 5.95 Å². The zero-order chi connectivity index (χ0) is 18.3. The summed E-state index contributed by atoms with van der Waals surface area (Å²) < 4.78 is 0. The molecular formula is C21H20N4O. The van der Waals surface area contributed by atoms with Crippen LogP contribution in [-0.2, 0) is 11.2 Å². The molecule has 26 heavy (non-hydrogen) atoms. The second-order valence-electron chi connectivity index (χ2n) is 6.74. The van der Waals surface area contributed by atoms with E-state index in [4.69, 9.17) is 0 Å². The lowest BCUT2D eigenvalue weighted by atomic mass is 9.92. The molecule has 0 fully saturated rings. The molecule has 3 aromatic rings. The molecule has 130 valence electrons. The Hall–Kier alpha value is -3.08. The largest absolute Gasteiger partial charge is 0.272 e. The molecule has 0 N–H and O–H groups in total. The summed E-state index contributed by atoms with van der Waals surface area (Å²) in [5.41, 5.74) is 3.60. The number of anilines is 1. The van der Waals surface area contributed by atoms with E-state index in [0.717, 1.165) is 22.7 Å². The van der Waals surface area contributed by atoms with Crippen LogP contribution in [0, 0.1) is 19.8 Å². The maximum absolute atomic E-state index is 13.0. The third kappa shape index (κ3) is 2.86. The first-order chi connectivity index (χ1) is 12.5. The van der Waals surface area contributed by atoms with Crippen molar-refractivity contribution in [2.75, 3.05) is 5.01 Å². The number of aromatic nitrogens is 2. The van der Waals surface area contributed by atoms with E-state index in [9.17, 15) is 4.79 Å². The molecule has 2 aromatic carbocycles. The van der Waals surface area contributed by atoms with Crippen molar-refractivity contribution in [2.24, 2.45) is 11.0 Å². The lowest BCUT2D eigenvalue weighted by molar-refractivity contribution is -0.119. The van der Waals surface area contributed by atoms with Gasteiger partial charge in [-0.2, -0.15) is 10.1 Å². The number of carbonyl (C=O) groups is 1. The predicted octanol–water partition coefficient (Wildman–Crippen LogP) is 3.83. The Kier molecular flexibility index (Phi) is 3.99. The molecule has 1 aliphatic rings. The van der Waals surface area contributed by atoms with Crippen LogP contribution in [0.1, 0.15) is 23.9 Å². The molecule has 0 radical (unpaired) electrons. The molecule has 0 saturated carbocycles. The van der Waals surface area contributed by atoms with Crippen molar-refractivity contribution in [3.63, 3.8) is 0 Å². The van der Waals surface area contributed by atoms with Gasteiger partial charge in [-0.25, -0.2) is 9.97 Å². The van der Waals surface area contributed by atoms with E-state index < -0.39 is 0 Å². The normalized spacial score (nSPS) is 17.0. The van der Waals surface area contributed by atoms with E-state index in [-0.39, 0.29) is 11.8 Å². The van der Waals surface area contributed by atoms with Gasteiger partial charge in [-0.3, -0.25) is 4.79 Å². The second-order valence-corrected chi connectivity index (χ2v) is 6.74. The van der Waals surface area contributed by atoms with Crippen LogP contribution in [0.2, 0.25) is 0 Å². The predicted molar refractivity (Wildman–Crippen MR) is 103 cm³/mol. The zero-order valence-electron chi connectivity index (χ0n) is 15.1. The molecule has 5 nitrogen and oxygen atoms in total. The van der Waals surface area contributed by atoms with Crippen molar-refractivity contribution >= 4 is 28.3 Å². The number of fused-ring (bicyclic) bond motifs is 1. The summed E-state index contributed by atoms with van der Waals surface area (Å²) in [4.78, 5) is 21.8. The monoisotopic (exact) mass is 344 g/mol. The Labute approximate surface area is 152 Å². The number of carbonyl (C=O) groups excluding carboxylic acids is 1. The topological polar surface area (TPSA) is 58.5 Å². The van der Waals surface area contributed by atoms with Gasteiger partial charge < -0.3 is 0 Å². The van der Waals surface area contributed by atoms with Crippen molar-refractivity contribution in [1.82, 2.24) is 9.97 Å². The van der Waals surface area contributed by atoms with Crippen LogP contribution < -0.4 is 5.01 Å². The summed E-state index contributed by atoms with van der Waals surface area (Å²) in [7, 11) is 0. The highest BCUT2D eigenvalue weighted by atomic mass is 16.2. The van der Waals surface area contributed by atoms with Crippen molar-refractivity contribution in [1.29, 1.82) is 0 Å². The lowest BCUT2D eigenvalue weighted by Crippen LogP contribution is -2.30. The zero-order valence-corrected chi connectivity index (χ0v) is 15.1. The van der Waals surface area contributed by atoms with Crippen LogP contribution in [0.25, 0.3) is 10.8 Å². The summed E-state index contributed by atoms with van der Waals surface area (Å²) in [5.74, 6) is -0.00192. The number of amides is 1. The van der Waals surface area contributed by atoms with Crippen molar-refractivity contribution < 1.29 is 4.79 Å².